The third-order valence-corrected chi connectivity index (χ3v) is 4.78. The molecule has 0 amide bonds. The van der Waals surface area contributed by atoms with Crippen molar-refractivity contribution >= 4 is 10.1 Å². The number of hydrogen-bond donors (Lipinski definition) is 0. The Labute approximate surface area is 112 Å². The van der Waals surface area contributed by atoms with Crippen LogP contribution >= 0.6 is 0 Å². The highest BCUT2D eigenvalue weighted by Crippen LogP contribution is 2.38. The molecular weight excluding hydrogens is 281 g/mol. The summed E-state index contributed by atoms with van der Waals surface area (Å²) in [5.41, 5.74) is -5.25. The molecule has 0 aromatic rings. The van der Waals surface area contributed by atoms with Crippen molar-refractivity contribution in [1.82, 2.24) is 0 Å². The molecule has 2 atom stereocenters. The lowest BCUT2D eigenvalue weighted by Crippen LogP contribution is -2.30. The molecule has 19 heavy (non-hydrogen) atoms. The first-order valence-electron chi connectivity index (χ1n) is 6.43. The predicted molar refractivity (Wildman–Crippen MR) is 65.9 cm³/mol. The van der Waals surface area contributed by atoms with Gasteiger partial charge in [-0.25, -0.2) is 0 Å². The van der Waals surface area contributed by atoms with Crippen molar-refractivity contribution in [2.75, 3.05) is 0 Å². The van der Waals surface area contributed by atoms with E-state index in [4.69, 9.17) is 0 Å². The fraction of sp³-hybridized carbons (Fsp3) is 1.00. The van der Waals surface area contributed by atoms with Gasteiger partial charge in [-0.1, -0.05) is 27.2 Å². The minimum atomic E-state index is -5.47. The molecule has 0 radical (unpaired) electrons. The van der Waals surface area contributed by atoms with Crippen LogP contribution in [-0.2, 0) is 14.3 Å². The van der Waals surface area contributed by atoms with Crippen LogP contribution in [0.1, 0.15) is 52.9 Å². The number of halogens is 3. The van der Waals surface area contributed by atoms with Crippen LogP contribution in [0.15, 0.2) is 0 Å². The van der Waals surface area contributed by atoms with E-state index in [0.29, 0.717) is 31.6 Å². The third kappa shape index (κ3) is 4.63. The Balaban J connectivity index is 2.65. The van der Waals surface area contributed by atoms with Gasteiger partial charge in [0.1, 0.15) is 0 Å². The zero-order valence-electron chi connectivity index (χ0n) is 11.5. The minimum Gasteiger partial charge on any atom is -0.260 e. The van der Waals surface area contributed by atoms with E-state index in [2.05, 4.69) is 25.0 Å². The van der Waals surface area contributed by atoms with E-state index in [-0.39, 0.29) is 5.41 Å². The average molecular weight is 302 g/mol. The molecule has 114 valence electrons. The molecule has 0 bridgehead atoms. The first-order valence-corrected chi connectivity index (χ1v) is 7.84. The highest BCUT2D eigenvalue weighted by atomic mass is 32.2. The van der Waals surface area contributed by atoms with Crippen molar-refractivity contribution in [1.29, 1.82) is 0 Å². The van der Waals surface area contributed by atoms with Gasteiger partial charge in [-0.2, -0.15) is 21.6 Å². The second-order valence-electron chi connectivity index (χ2n) is 6.19. The largest absolute Gasteiger partial charge is 0.523 e. The SMILES string of the molecule is CC(C)(C)C1CCCC(OS(=O)(=O)C(F)(F)F)CC1. The highest BCUT2D eigenvalue weighted by molar-refractivity contribution is 7.87. The van der Waals surface area contributed by atoms with Crippen molar-refractivity contribution in [2.45, 2.75) is 64.5 Å². The average Bonchev–Trinajstić information content (AvgIpc) is 2.39. The minimum absolute atomic E-state index is 0.0811. The van der Waals surface area contributed by atoms with Crippen LogP contribution in [0.5, 0.6) is 0 Å². The lowest BCUT2D eigenvalue weighted by Gasteiger charge is -2.29. The smallest absolute Gasteiger partial charge is 0.260 e. The maximum atomic E-state index is 12.2. The van der Waals surface area contributed by atoms with Gasteiger partial charge in [0.05, 0.1) is 6.10 Å². The first kappa shape index (κ1) is 16.8. The molecule has 3 nitrogen and oxygen atoms in total. The molecule has 1 rings (SSSR count). The van der Waals surface area contributed by atoms with Gasteiger partial charge in [-0.05, 0) is 37.0 Å². The van der Waals surface area contributed by atoms with E-state index in [1.54, 1.807) is 0 Å². The fourth-order valence-corrected chi connectivity index (χ4v) is 3.12. The molecule has 7 heteroatoms. The molecule has 1 aliphatic carbocycles. The van der Waals surface area contributed by atoms with Crippen molar-refractivity contribution in [2.24, 2.45) is 11.3 Å². The summed E-state index contributed by atoms with van der Waals surface area (Å²) in [7, 11) is -5.47. The van der Waals surface area contributed by atoms with Gasteiger partial charge in [0, 0.05) is 0 Å². The van der Waals surface area contributed by atoms with Crippen LogP contribution < -0.4 is 0 Å². The molecule has 2 unspecified atom stereocenters. The molecule has 1 aliphatic rings. The summed E-state index contributed by atoms with van der Waals surface area (Å²) in [6, 6.07) is 0. The van der Waals surface area contributed by atoms with Crippen molar-refractivity contribution in [3.8, 4) is 0 Å². The third-order valence-electron chi connectivity index (χ3n) is 3.69. The van der Waals surface area contributed by atoms with Crippen LogP contribution in [0, 0.1) is 11.3 Å². The van der Waals surface area contributed by atoms with Crippen LogP contribution in [0.4, 0.5) is 13.2 Å². The quantitative estimate of drug-likeness (QED) is 0.442. The van der Waals surface area contributed by atoms with E-state index in [0.717, 1.165) is 6.42 Å². The molecule has 0 spiro atoms. The molecule has 0 aromatic heterocycles. The number of alkyl halides is 3. The normalized spacial score (nSPS) is 27.1. The molecule has 1 saturated carbocycles. The summed E-state index contributed by atoms with van der Waals surface area (Å²) < 4.78 is 63.0. The zero-order valence-corrected chi connectivity index (χ0v) is 12.3. The monoisotopic (exact) mass is 302 g/mol. The molecule has 0 saturated heterocycles. The Morgan fingerprint density at radius 1 is 1.00 bits per heavy atom. The summed E-state index contributed by atoms with van der Waals surface area (Å²) in [5, 5.41) is 0. The number of hydrogen-bond acceptors (Lipinski definition) is 3. The number of rotatable bonds is 2. The van der Waals surface area contributed by atoms with E-state index < -0.39 is 21.7 Å². The summed E-state index contributed by atoms with van der Waals surface area (Å²) in [5.74, 6) is 0.384. The summed E-state index contributed by atoms with van der Waals surface area (Å²) in [6.07, 6.45) is 2.16. The standard InChI is InChI=1S/C12H21F3O3S/c1-11(2,3)9-5-4-6-10(8-7-9)18-19(16,17)12(13,14)15/h9-10H,4-8H2,1-3H3. The summed E-state index contributed by atoms with van der Waals surface area (Å²) in [6.45, 7) is 6.27. The van der Waals surface area contributed by atoms with Gasteiger partial charge in [0.25, 0.3) is 0 Å². The van der Waals surface area contributed by atoms with Gasteiger partial charge in [0.15, 0.2) is 0 Å². The van der Waals surface area contributed by atoms with Gasteiger partial charge < -0.3 is 0 Å². The van der Waals surface area contributed by atoms with Gasteiger partial charge in [-0.3, -0.25) is 4.18 Å². The van der Waals surface area contributed by atoms with Gasteiger partial charge >= 0.3 is 15.6 Å². The zero-order chi connectivity index (χ0) is 14.9. The molecule has 0 aliphatic heterocycles. The van der Waals surface area contributed by atoms with E-state index in [1.165, 1.54) is 0 Å². The molecule has 0 aromatic carbocycles. The Hall–Kier alpha value is -0.300. The van der Waals surface area contributed by atoms with Crippen LogP contribution in [-0.4, -0.2) is 20.0 Å². The summed E-state index contributed by atoms with van der Waals surface area (Å²) in [4.78, 5) is 0. The first-order chi connectivity index (χ1) is 8.43. The topological polar surface area (TPSA) is 43.4 Å². The lowest BCUT2D eigenvalue weighted by atomic mass is 9.76. The molecular formula is C12H21F3O3S. The van der Waals surface area contributed by atoms with Crippen molar-refractivity contribution in [3.63, 3.8) is 0 Å². The Morgan fingerprint density at radius 2 is 1.58 bits per heavy atom. The van der Waals surface area contributed by atoms with Gasteiger partial charge in [0.2, 0.25) is 0 Å². The van der Waals surface area contributed by atoms with Crippen molar-refractivity contribution in [3.05, 3.63) is 0 Å². The van der Waals surface area contributed by atoms with E-state index >= 15 is 0 Å². The lowest BCUT2D eigenvalue weighted by molar-refractivity contribution is -0.0578. The Morgan fingerprint density at radius 3 is 2.05 bits per heavy atom. The summed E-state index contributed by atoms with van der Waals surface area (Å²) >= 11 is 0. The second kappa shape index (κ2) is 5.60. The molecule has 1 fully saturated rings. The van der Waals surface area contributed by atoms with Crippen LogP contribution in [0.25, 0.3) is 0 Å². The highest BCUT2D eigenvalue weighted by Gasteiger charge is 2.48. The predicted octanol–water partition coefficient (Wildman–Crippen LogP) is 3.85. The fourth-order valence-electron chi connectivity index (χ4n) is 2.46. The molecule has 0 N–H and O–H groups in total. The molecule has 0 heterocycles. The Bertz CT molecular complexity index is 395. The van der Waals surface area contributed by atoms with E-state index in [9.17, 15) is 21.6 Å². The maximum Gasteiger partial charge on any atom is 0.523 e. The Kier molecular flexibility index (Phi) is 4.93. The van der Waals surface area contributed by atoms with Crippen LogP contribution in [0.2, 0.25) is 0 Å². The van der Waals surface area contributed by atoms with E-state index in [1.807, 2.05) is 0 Å². The van der Waals surface area contributed by atoms with Crippen molar-refractivity contribution < 1.29 is 25.8 Å². The second-order valence-corrected chi connectivity index (χ2v) is 7.75. The van der Waals surface area contributed by atoms with Gasteiger partial charge in [-0.15, -0.1) is 0 Å². The maximum absolute atomic E-state index is 12.2. The van der Waals surface area contributed by atoms with Crippen LogP contribution in [0.3, 0.4) is 0 Å².